The molecule has 30 heteroatoms. The second kappa shape index (κ2) is 26.2. The molecule has 2 heterocycles. The third kappa shape index (κ3) is 20.3. The van der Waals surface area contributed by atoms with Gasteiger partial charge in [-0.05, 0) is 136 Å². The molecule has 11 atom stereocenters. The smallest absolute Gasteiger partial charge is 0.414 e. The molecule has 82 heavy (non-hydrogen) atoms. The SMILES string of the molecule is CN(C(=O)OC(C)(C)C)[C@@H]1[C@@H](O)[C@@H](O[C@@H]2[C@@H](O)[C@H](O[C@H]3OC(CN(C)S(=O)(=O)c4ccccc4[N+](=O)[O-])=CC[C@H]3N=C(NC(=O)OC(C)(C)C)NC(=O)OC(C)(C)C)[C@@H](NC(=O)OC(C)(C)C)C[C@H]2NC(=O)OC(C)(C)C)OC[C@]1(C)O. The second-order valence-corrected chi connectivity index (χ2v) is 27.2. The van der Waals surface area contributed by atoms with Crippen LogP contribution < -0.4 is 21.3 Å². The van der Waals surface area contributed by atoms with Crippen molar-refractivity contribution in [3.05, 3.63) is 46.2 Å². The monoisotopic (exact) mass is 1190 g/mol. The number of rotatable bonds is 13. The van der Waals surface area contributed by atoms with Gasteiger partial charge in [0.25, 0.3) is 5.69 Å². The predicted octanol–water partition coefficient (Wildman–Crippen LogP) is 4.64. The fraction of sp³-hybridized carbons (Fsp3) is 0.731. The van der Waals surface area contributed by atoms with Crippen molar-refractivity contribution in [1.82, 2.24) is 30.5 Å². The third-order valence-electron chi connectivity index (χ3n) is 11.7. The molecule has 0 spiro atoms. The predicted molar refractivity (Wildman–Crippen MR) is 291 cm³/mol. The Morgan fingerprint density at radius 1 is 0.732 bits per heavy atom. The van der Waals surface area contributed by atoms with Gasteiger partial charge in [0.1, 0.15) is 69.8 Å². The summed E-state index contributed by atoms with van der Waals surface area (Å²) in [7, 11) is -2.23. The van der Waals surface area contributed by atoms with Crippen LogP contribution in [0, 0.1) is 10.1 Å². The van der Waals surface area contributed by atoms with Crippen molar-refractivity contribution in [3.8, 4) is 0 Å². The highest BCUT2D eigenvalue weighted by Crippen LogP contribution is 2.36. The summed E-state index contributed by atoms with van der Waals surface area (Å²) in [6, 6.07) is -1.02. The van der Waals surface area contributed by atoms with Crippen molar-refractivity contribution in [3.63, 3.8) is 0 Å². The Kier molecular flexibility index (Phi) is 21.8. The average Bonchev–Trinajstić information content (AvgIpc) is 3.27. The number of guanidine groups is 1. The minimum atomic E-state index is -4.64. The van der Waals surface area contributed by atoms with Crippen LogP contribution in [0.15, 0.2) is 46.0 Å². The summed E-state index contributed by atoms with van der Waals surface area (Å²) < 4.78 is 81.7. The summed E-state index contributed by atoms with van der Waals surface area (Å²) in [6.07, 6.45) is -15.5. The van der Waals surface area contributed by atoms with E-state index in [0.29, 0.717) is 0 Å². The van der Waals surface area contributed by atoms with Gasteiger partial charge in [-0.15, -0.1) is 0 Å². The number of carbonyl (C=O) groups excluding carboxylic acids is 5. The third-order valence-corrected chi connectivity index (χ3v) is 13.5. The molecule has 464 valence electrons. The molecule has 29 nitrogen and oxygen atoms in total. The van der Waals surface area contributed by atoms with E-state index in [0.717, 1.165) is 28.4 Å². The molecule has 1 aliphatic carbocycles. The molecule has 5 amide bonds. The minimum absolute atomic E-state index is 0.145. The molecule has 1 aromatic carbocycles. The number of alkyl carbamates (subject to hydrolysis) is 4. The first kappa shape index (κ1) is 68.3. The van der Waals surface area contributed by atoms with Crippen LogP contribution >= 0.6 is 0 Å². The van der Waals surface area contributed by atoms with Crippen molar-refractivity contribution >= 4 is 52.1 Å². The molecule has 0 bridgehead atoms. The number of hydrogen-bond acceptors (Lipinski definition) is 22. The number of aliphatic hydroxyl groups is 3. The molecule has 3 aliphatic rings. The highest BCUT2D eigenvalue weighted by Gasteiger charge is 2.55. The van der Waals surface area contributed by atoms with Crippen molar-refractivity contribution < 1.29 is 95.3 Å². The number of nitro benzene ring substituents is 1. The van der Waals surface area contributed by atoms with Crippen molar-refractivity contribution in [2.75, 3.05) is 27.2 Å². The van der Waals surface area contributed by atoms with Crippen LogP contribution in [0.2, 0.25) is 0 Å². The Morgan fingerprint density at radius 2 is 1.18 bits per heavy atom. The Balaban J connectivity index is 1.93. The summed E-state index contributed by atoms with van der Waals surface area (Å²) in [5.41, 5.74) is -7.92. The molecule has 0 unspecified atom stereocenters. The zero-order chi connectivity index (χ0) is 62.5. The standard InChI is InChI=1S/C52H84N8O21S/c1-47(2,3)77-42(63)54-30-25-31(55-43(64)78-48(4,5)6)37(76-40-35(62)38(52(16,68)27-73-40)59(18)46(67)81-51(13,14)15)34(61)36(30)75-39-29(53-41(56-44(65)79-49(7,8)9)57-45(66)80-50(10,11)12)24-23-28(74-39)26-58(17)82(71,72)33-22-20-19-21-32(33)60(69)70/h19-23,29-31,34-40,61-62,68H,24-27H2,1-18H3,(H,54,63)(H,55,64)(H2,53,56,57,65,66)/t29-,30+,31-,34+,35-,36-,37+,38-,39-,40-,52+/m1/s1. The summed E-state index contributed by atoms with van der Waals surface area (Å²) in [4.78, 5) is 83.5. The number of aliphatic imine (C=N–C) groups is 1. The van der Waals surface area contributed by atoms with E-state index in [2.05, 4.69) is 26.3 Å². The van der Waals surface area contributed by atoms with Crippen molar-refractivity contribution in [1.29, 1.82) is 0 Å². The first-order valence-electron chi connectivity index (χ1n) is 26.3. The van der Waals surface area contributed by atoms with Crippen LogP contribution in [0.4, 0.5) is 29.7 Å². The molecule has 0 aromatic heterocycles. The van der Waals surface area contributed by atoms with Crippen LogP contribution in [-0.4, -0.2) is 196 Å². The number of aliphatic hydroxyl groups excluding tert-OH is 2. The number of ether oxygens (including phenoxy) is 9. The maximum absolute atomic E-state index is 14.0. The van der Waals surface area contributed by atoms with Gasteiger partial charge in [0, 0.05) is 20.2 Å². The normalized spacial score (nSPS) is 26.3. The van der Waals surface area contributed by atoms with Gasteiger partial charge in [-0.25, -0.2) is 37.4 Å². The van der Waals surface area contributed by atoms with E-state index in [1.165, 1.54) is 32.2 Å². The zero-order valence-electron chi connectivity index (χ0n) is 49.9. The number of carbonyl (C=O) groups is 5. The number of nitrogens with one attached hydrogen (secondary N) is 4. The van der Waals surface area contributed by atoms with Gasteiger partial charge in [0.2, 0.25) is 22.3 Å². The van der Waals surface area contributed by atoms with Crippen molar-refractivity contribution in [2.24, 2.45) is 4.99 Å². The van der Waals surface area contributed by atoms with E-state index in [1.54, 1.807) is 104 Å². The van der Waals surface area contributed by atoms with Gasteiger partial charge in [-0.2, -0.15) is 4.31 Å². The lowest BCUT2D eigenvalue weighted by molar-refractivity contribution is -0.387. The van der Waals surface area contributed by atoms with E-state index < -0.39 is 176 Å². The maximum Gasteiger partial charge on any atom is 0.414 e. The number of sulfonamides is 1. The summed E-state index contributed by atoms with van der Waals surface area (Å²) in [5, 5.41) is 58.5. The van der Waals surface area contributed by atoms with Gasteiger partial charge in [-0.3, -0.25) is 20.7 Å². The summed E-state index contributed by atoms with van der Waals surface area (Å²) in [5.74, 6) is -0.715. The van der Waals surface area contributed by atoms with E-state index in [1.807, 2.05) is 0 Å². The number of para-hydroxylation sites is 1. The summed E-state index contributed by atoms with van der Waals surface area (Å²) in [6.45, 7) is 24.0. The van der Waals surface area contributed by atoms with Gasteiger partial charge in [0.05, 0.1) is 36.2 Å². The van der Waals surface area contributed by atoms with Crippen molar-refractivity contribution in [2.45, 2.75) is 223 Å². The number of likely N-dealkylation sites (N-methyl/N-ethyl adjacent to an activating group) is 2. The Bertz CT molecular complexity index is 2600. The topological polar surface area (TPSA) is 373 Å². The fourth-order valence-corrected chi connectivity index (χ4v) is 9.85. The second-order valence-electron chi connectivity index (χ2n) is 25.2. The quantitative estimate of drug-likeness (QED) is 0.0465. The lowest BCUT2D eigenvalue weighted by Crippen LogP contribution is -2.70. The number of amides is 5. The highest BCUT2D eigenvalue weighted by molar-refractivity contribution is 7.89. The molecule has 7 N–H and O–H groups in total. The molecule has 2 fully saturated rings. The fourth-order valence-electron chi connectivity index (χ4n) is 8.56. The largest absolute Gasteiger partial charge is 0.466 e. The molecule has 4 rings (SSSR count). The van der Waals surface area contributed by atoms with Gasteiger partial charge in [-0.1, -0.05) is 12.1 Å². The molecular formula is C52H84N8O21S. The van der Waals surface area contributed by atoms with E-state index in [9.17, 15) is 57.8 Å². The van der Waals surface area contributed by atoms with E-state index >= 15 is 0 Å². The Labute approximate surface area is 478 Å². The lowest BCUT2D eigenvalue weighted by atomic mass is 9.83. The molecular weight excluding hydrogens is 1100 g/mol. The minimum Gasteiger partial charge on any atom is -0.466 e. The van der Waals surface area contributed by atoms with Crippen LogP contribution in [0.1, 0.15) is 124 Å². The van der Waals surface area contributed by atoms with Crippen LogP contribution in [0.5, 0.6) is 0 Å². The van der Waals surface area contributed by atoms with Gasteiger partial charge < -0.3 is 73.5 Å². The molecule has 0 radical (unpaired) electrons. The average molecular weight is 1190 g/mol. The van der Waals surface area contributed by atoms with E-state index in [-0.39, 0.29) is 12.2 Å². The van der Waals surface area contributed by atoms with E-state index in [4.69, 9.17) is 42.6 Å². The summed E-state index contributed by atoms with van der Waals surface area (Å²) >= 11 is 0. The lowest BCUT2D eigenvalue weighted by Gasteiger charge is -2.50. The first-order valence-corrected chi connectivity index (χ1v) is 27.8. The van der Waals surface area contributed by atoms with Crippen LogP contribution in [0.3, 0.4) is 0 Å². The molecule has 1 aromatic rings. The maximum atomic E-state index is 14.0. The number of nitrogens with zero attached hydrogens (tertiary/aromatic N) is 4. The number of nitro groups is 1. The molecule has 2 aliphatic heterocycles. The van der Waals surface area contributed by atoms with Crippen LogP contribution in [0.25, 0.3) is 0 Å². The van der Waals surface area contributed by atoms with Gasteiger partial charge >= 0.3 is 30.5 Å². The highest BCUT2D eigenvalue weighted by atomic mass is 32.2. The Hall–Kier alpha value is -6.15. The van der Waals surface area contributed by atoms with Gasteiger partial charge in [0.15, 0.2) is 11.2 Å². The molecule has 1 saturated heterocycles. The number of benzene rings is 1. The zero-order valence-corrected chi connectivity index (χ0v) is 50.7. The Morgan fingerprint density at radius 3 is 1.65 bits per heavy atom. The van der Waals surface area contributed by atoms with Crippen LogP contribution in [-0.2, 0) is 52.7 Å². The first-order chi connectivity index (χ1) is 37.3. The number of hydrogen-bond donors (Lipinski definition) is 7. The molecule has 1 saturated carbocycles.